The molecule has 27 heavy (non-hydrogen) atoms. The molecule has 1 aromatic heterocycles. The molecule has 0 atom stereocenters. The molecule has 0 radical (unpaired) electrons. The van der Waals surface area contributed by atoms with Crippen molar-refractivity contribution in [1.82, 2.24) is 20.2 Å². The average molecular weight is 443 g/mol. The second kappa shape index (κ2) is 9.35. The summed E-state index contributed by atoms with van der Waals surface area (Å²) in [6.45, 7) is 2.04. The van der Waals surface area contributed by atoms with Gasteiger partial charge in [0.2, 0.25) is 5.16 Å². The lowest BCUT2D eigenvalue weighted by molar-refractivity contribution is 0.0556. The number of halogens is 1. The molecule has 0 spiro atoms. The van der Waals surface area contributed by atoms with Crippen LogP contribution in [-0.4, -0.2) is 38.5 Å². The fourth-order valence-corrected chi connectivity index (χ4v) is 3.11. The number of para-hydroxylation sites is 1. The van der Waals surface area contributed by atoms with Crippen molar-refractivity contribution in [1.29, 1.82) is 0 Å². The summed E-state index contributed by atoms with van der Waals surface area (Å²) in [6.07, 6.45) is 0. The van der Waals surface area contributed by atoms with Crippen molar-refractivity contribution in [3.8, 4) is 17.5 Å². The van der Waals surface area contributed by atoms with Gasteiger partial charge in [-0.1, -0.05) is 57.7 Å². The fraction of sp³-hybridized carbons (Fsp3) is 0.158. The highest BCUT2D eigenvalue weighted by molar-refractivity contribution is 9.10. The van der Waals surface area contributed by atoms with Crippen LogP contribution >= 0.6 is 27.7 Å². The topological polar surface area (TPSA) is 69.9 Å². The quantitative estimate of drug-likeness (QED) is 0.341. The largest absolute Gasteiger partial charge is 0.449 e. The predicted octanol–water partition coefficient (Wildman–Crippen LogP) is 3.69. The van der Waals surface area contributed by atoms with Crippen LogP contribution in [0, 0.1) is 18.8 Å². The van der Waals surface area contributed by atoms with Gasteiger partial charge in [-0.15, -0.1) is 5.10 Å². The van der Waals surface area contributed by atoms with Gasteiger partial charge in [0, 0.05) is 4.47 Å². The lowest BCUT2D eigenvalue weighted by Gasteiger charge is -2.05. The zero-order valence-corrected chi connectivity index (χ0v) is 16.8. The molecule has 0 aliphatic carbocycles. The van der Waals surface area contributed by atoms with Gasteiger partial charge in [0.15, 0.2) is 6.61 Å². The number of carbonyl (C=O) groups is 1. The summed E-state index contributed by atoms with van der Waals surface area (Å²) in [5.74, 6) is 5.87. The van der Waals surface area contributed by atoms with Crippen molar-refractivity contribution in [2.24, 2.45) is 0 Å². The van der Waals surface area contributed by atoms with Gasteiger partial charge in [-0.05, 0) is 53.2 Å². The molecule has 6 nitrogen and oxygen atoms in total. The molecule has 0 aliphatic heterocycles. The molecule has 0 fully saturated rings. The molecule has 0 saturated heterocycles. The highest BCUT2D eigenvalue weighted by atomic mass is 79.9. The van der Waals surface area contributed by atoms with E-state index in [0.717, 1.165) is 15.7 Å². The van der Waals surface area contributed by atoms with Gasteiger partial charge in [0.1, 0.15) is 0 Å². The highest BCUT2D eigenvalue weighted by Gasteiger charge is 2.10. The number of ether oxygens (including phenoxy) is 1. The molecule has 0 saturated carbocycles. The van der Waals surface area contributed by atoms with Crippen LogP contribution in [0.25, 0.3) is 5.69 Å². The first kappa shape index (κ1) is 19.1. The maximum Gasteiger partial charge on any atom is 0.339 e. The Balaban J connectivity index is 1.50. The summed E-state index contributed by atoms with van der Waals surface area (Å²) in [5, 5.41) is 12.5. The van der Waals surface area contributed by atoms with Crippen molar-refractivity contribution in [3.05, 3.63) is 64.1 Å². The smallest absolute Gasteiger partial charge is 0.339 e. The van der Waals surface area contributed by atoms with E-state index in [1.54, 1.807) is 28.9 Å². The standard InChI is InChI=1S/C19H15BrN4O2S/c1-14-6-2-3-7-17(14)24-19(21-22-23-24)27-13-5-4-12-26-18(25)15-8-10-16(20)11-9-15/h2-3,6-11H,12-13H2,1H3. The van der Waals surface area contributed by atoms with E-state index >= 15 is 0 Å². The van der Waals surface area contributed by atoms with E-state index in [1.807, 2.05) is 31.2 Å². The number of tetrazole rings is 1. The van der Waals surface area contributed by atoms with Crippen molar-refractivity contribution in [3.63, 3.8) is 0 Å². The van der Waals surface area contributed by atoms with E-state index in [0.29, 0.717) is 16.5 Å². The maximum atomic E-state index is 11.9. The number of esters is 1. The first-order valence-corrected chi connectivity index (χ1v) is 9.78. The Morgan fingerprint density at radius 3 is 2.74 bits per heavy atom. The van der Waals surface area contributed by atoms with Crippen LogP contribution in [0.3, 0.4) is 0 Å². The molecule has 0 bridgehead atoms. The van der Waals surface area contributed by atoms with Crippen molar-refractivity contribution < 1.29 is 9.53 Å². The zero-order chi connectivity index (χ0) is 19.1. The number of rotatable bonds is 5. The predicted molar refractivity (Wildman–Crippen MR) is 107 cm³/mol. The summed E-state index contributed by atoms with van der Waals surface area (Å²) in [4.78, 5) is 11.9. The van der Waals surface area contributed by atoms with Crippen LogP contribution in [0.15, 0.2) is 58.2 Å². The van der Waals surface area contributed by atoms with E-state index in [4.69, 9.17) is 4.74 Å². The second-order valence-corrected chi connectivity index (χ2v) is 7.24. The Bertz CT molecular complexity index is 993. The average Bonchev–Trinajstić information content (AvgIpc) is 3.13. The van der Waals surface area contributed by atoms with Gasteiger partial charge in [0.05, 0.1) is 17.0 Å². The summed E-state index contributed by atoms with van der Waals surface area (Å²) in [5.41, 5.74) is 2.51. The number of benzene rings is 2. The molecule has 0 N–H and O–H groups in total. The van der Waals surface area contributed by atoms with E-state index in [9.17, 15) is 4.79 Å². The van der Waals surface area contributed by atoms with Crippen molar-refractivity contribution in [2.75, 3.05) is 12.4 Å². The minimum absolute atomic E-state index is 0.0399. The lowest BCUT2D eigenvalue weighted by Crippen LogP contribution is -2.05. The number of nitrogens with zero attached hydrogens (tertiary/aromatic N) is 4. The molecular weight excluding hydrogens is 428 g/mol. The van der Waals surface area contributed by atoms with Gasteiger partial charge in [-0.2, -0.15) is 4.68 Å². The number of hydrogen-bond acceptors (Lipinski definition) is 6. The molecule has 0 amide bonds. The normalized spacial score (nSPS) is 10.1. The third kappa shape index (κ3) is 5.18. The van der Waals surface area contributed by atoms with Crippen LogP contribution in [-0.2, 0) is 4.74 Å². The Morgan fingerprint density at radius 1 is 1.19 bits per heavy atom. The fourth-order valence-electron chi connectivity index (χ4n) is 2.19. The molecule has 0 aliphatic rings. The third-order valence-electron chi connectivity index (χ3n) is 3.54. The van der Waals surface area contributed by atoms with Crippen LogP contribution in [0.5, 0.6) is 0 Å². The molecule has 2 aromatic carbocycles. The van der Waals surface area contributed by atoms with Gasteiger partial charge < -0.3 is 4.74 Å². The molecule has 3 aromatic rings. The number of thioether (sulfide) groups is 1. The number of carbonyl (C=O) groups excluding carboxylic acids is 1. The van der Waals surface area contributed by atoms with E-state index in [2.05, 4.69) is 43.3 Å². The van der Waals surface area contributed by atoms with Crippen LogP contribution in [0.2, 0.25) is 0 Å². The van der Waals surface area contributed by atoms with Gasteiger partial charge in [-0.25, -0.2) is 4.79 Å². The summed E-state index contributed by atoms with van der Waals surface area (Å²) < 4.78 is 7.73. The lowest BCUT2D eigenvalue weighted by atomic mass is 10.2. The molecule has 8 heteroatoms. The minimum Gasteiger partial charge on any atom is -0.449 e. The zero-order valence-electron chi connectivity index (χ0n) is 14.4. The molecule has 0 unspecified atom stereocenters. The summed E-state index contributed by atoms with van der Waals surface area (Å²) in [6, 6.07) is 14.8. The Kier molecular flexibility index (Phi) is 6.63. The van der Waals surface area contributed by atoms with Crippen LogP contribution < -0.4 is 0 Å². The van der Waals surface area contributed by atoms with Crippen LogP contribution in [0.1, 0.15) is 15.9 Å². The van der Waals surface area contributed by atoms with Crippen molar-refractivity contribution in [2.45, 2.75) is 12.1 Å². The van der Waals surface area contributed by atoms with Gasteiger partial charge in [0.25, 0.3) is 0 Å². The second-order valence-electron chi connectivity index (χ2n) is 5.39. The van der Waals surface area contributed by atoms with E-state index < -0.39 is 5.97 Å². The number of hydrogen-bond donors (Lipinski definition) is 0. The number of aryl methyl sites for hydroxylation is 1. The first-order chi connectivity index (χ1) is 13.1. The minimum atomic E-state index is -0.395. The summed E-state index contributed by atoms with van der Waals surface area (Å²) in [7, 11) is 0. The highest BCUT2D eigenvalue weighted by Crippen LogP contribution is 2.19. The first-order valence-electron chi connectivity index (χ1n) is 8.01. The summed E-state index contributed by atoms with van der Waals surface area (Å²) >= 11 is 4.74. The van der Waals surface area contributed by atoms with Gasteiger partial charge in [-0.3, -0.25) is 0 Å². The van der Waals surface area contributed by atoms with Crippen LogP contribution in [0.4, 0.5) is 0 Å². The molecule has 1 heterocycles. The third-order valence-corrected chi connectivity index (χ3v) is 4.87. The van der Waals surface area contributed by atoms with E-state index in [1.165, 1.54) is 11.8 Å². The Morgan fingerprint density at radius 2 is 1.96 bits per heavy atom. The Hall–Kier alpha value is -2.63. The maximum absolute atomic E-state index is 11.9. The number of aromatic nitrogens is 4. The molecular formula is C19H15BrN4O2S. The van der Waals surface area contributed by atoms with E-state index in [-0.39, 0.29) is 6.61 Å². The van der Waals surface area contributed by atoms with Gasteiger partial charge >= 0.3 is 5.97 Å². The Labute approximate surface area is 169 Å². The SMILES string of the molecule is Cc1ccccc1-n1nnnc1SCC#CCOC(=O)c1ccc(Br)cc1. The molecule has 3 rings (SSSR count). The monoisotopic (exact) mass is 442 g/mol. The molecule has 136 valence electrons. The van der Waals surface area contributed by atoms with Crippen molar-refractivity contribution >= 4 is 33.7 Å².